The number of para-hydroxylation sites is 1. The van der Waals surface area contributed by atoms with E-state index < -0.39 is 5.82 Å². The molecule has 0 heterocycles. The Labute approximate surface area is 127 Å². The fraction of sp³-hybridized carbons (Fsp3) is 0.125. The Morgan fingerprint density at radius 3 is 2.36 bits per heavy atom. The molecular weight excluding hydrogens is 285 g/mol. The van der Waals surface area contributed by atoms with E-state index in [0.717, 1.165) is 0 Å². The van der Waals surface area contributed by atoms with Crippen molar-refractivity contribution in [1.29, 1.82) is 0 Å². The number of rotatable bonds is 5. The third-order valence-electron chi connectivity index (χ3n) is 2.98. The fourth-order valence-corrected chi connectivity index (χ4v) is 1.82. The molecule has 0 aromatic heterocycles. The van der Waals surface area contributed by atoms with Crippen LogP contribution >= 0.6 is 0 Å². The van der Waals surface area contributed by atoms with Gasteiger partial charge in [-0.3, -0.25) is 9.59 Å². The molecule has 0 aliphatic heterocycles. The molecule has 5 nitrogen and oxygen atoms in total. The molecule has 0 fully saturated rings. The number of carbonyl (C=O) groups is 2. The maximum atomic E-state index is 13.4. The molecule has 2 aromatic carbocycles. The summed E-state index contributed by atoms with van der Waals surface area (Å²) in [6, 6.07) is 12.7. The summed E-state index contributed by atoms with van der Waals surface area (Å²) in [4.78, 5) is 23.1. The van der Waals surface area contributed by atoms with E-state index in [9.17, 15) is 14.0 Å². The van der Waals surface area contributed by atoms with Gasteiger partial charge in [0.15, 0.2) is 0 Å². The minimum Gasteiger partial charge on any atom is -0.376 e. The van der Waals surface area contributed by atoms with Crippen molar-refractivity contribution in [3.8, 4) is 0 Å². The summed E-state index contributed by atoms with van der Waals surface area (Å²) >= 11 is 0. The molecule has 2 amide bonds. The molecule has 22 heavy (non-hydrogen) atoms. The number of nitrogens with one attached hydrogen (secondary N) is 3. The lowest BCUT2D eigenvalue weighted by Crippen LogP contribution is -2.22. The van der Waals surface area contributed by atoms with Gasteiger partial charge in [-0.25, -0.2) is 4.39 Å². The van der Waals surface area contributed by atoms with Gasteiger partial charge in [-0.15, -0.1) is 0 Å². The van der Waals surface area contributed by atoms with Crippen molar-refractivity contribution < 1.29 is 14.0 Å². The van der Waals surface area contributed by atoms with Crippen LogP contribution in [0, 0.1) is 5.82 Å². The highest BCUT2D eigenvalue weighted by Gasteiger charge is 2.06. The zero-order valence-electron chi connectivity index (χ0n) is 12.0. The van der Waals surface area contributed by atoms with Crippen LogP contribution in [0.3, 0.4) is 0 Å². The van der Waals surface area contributed by atoms with E-state index in [0.29, 0.717) is 11.3 Å². The van der Waals surface area contributed by atoms with Gasteiger partial charge in [0.1, 0.15) is 5.82 Å². The molecule has 2 rings (SSSR count). The third-order valence-corrected chi connectivity index (χ3v) is 2.98. The number of halogens is 1. The molecule has 114 valence electrons. The first-order chi connectivity index (χ1) is 10.6. The minimum absolute atomic E-state index is 0.00629. The quantitative estimate of drug-likeness (QED) is 0.793. The molecular formula is C16H16FN3O2. The summed E-state index contributed by atoms with van der Waals surface area (Å²) in [5.74, 6) is -1.02. The SMILES string of the molecule is CNC(=O)c1ccc(NCC(=O)Nc2ccccc2F)cc1. The van der Waals surface area contributed by atoms with Crippen LogP contribution in [-0.2, 0) is 4.79 Å². The Bertz CT molecular complexity index is 671. The van der Waals surface area contributed by atoms with Crippen LogP contribution in [0.1, 0.15) is 10.4 Å². The topological polar surface area (TPSA) is 70.2 Å². The average molecular weight is 301 g/mol. The largest absolute Gasteiger partial charge is 0.376 e. The second kappa shape index (κ2) is 7.21. The van der Waals surface area contributed by atoms with Gasteiger partial charge in [-0.1, -0.05) is 12.1 Å². The van der Waals surface area contributed by atoms with Crippen LogP contribution in [0.5, 0.6) is 0 Å². The van der Waals surface area contributed by atoms with Crippen LogP contribution in [0.4, 0.5) is 15.8 Å². The number of hydrogen-bond donors (Lipinski definition) is 3. The Kier molecular flexibility index (Phi) is 5.08. The summed E-state index contributed by atoms with van der Waals surface area (Å²) in [7, 11) is 1.56. The van der Waals surface area contributed by atoms with Gasteiger partial charge in [0.25, 0.3) is 5.91 Å². The van der Waals surface area contributed by atoms with Crippen molar-refractivity contribution in [3.63, 3.8) is 0 Å². The van der Waals surface area contributed by atoms with Crippen LogP contribution in [0.2, 0.25) is 0 Å². The first kappa shape index (κ1) is 15.5. The molecule has 6 heteroatoms. The van der Waals surface area contributed by atoms with Crippen molar-refractivity contribution in [2.45, 2.75) is 0 Å². The molecule has 0 aliphatic rings. The Balaban J connectivity index is 1.89. The summed E-state index contributed by atoms with van der Waals surface area (Å²) in [6.07, 6.45) is 0. The van der Waals surface area contributed by atoms with Crippen molar-refractivity contribution in [2.75, 3.05) is 24.2 Å². The van der Waals surface area contributed by atoms with Gasteiger partial charge >= 0.3 is 0 Å². The normalized spacial score (nSPS) is 9.91. The maximum absolute atomic E-state index is 13.4. The highest BCUT2D eigenvalue weighted by molar-refractivity contribution is 5.95. The molecule has 0 radical (unpaired) electrons. The average Bonchev–Trinajstić information content (AvgIpc) is 2.55. The van der Waals surface area contributed by atoms with Crippen molar-refractivity contribution in [3.05, 3.63) is 59.9 Å². The highest BCUT2D eigenvalue weighted by atomic mass is 19.1. The zero-order chi connectivity index (χ0) is 15.9. The van der Waals surface area contributed by atoms with Crippen LogP contribution in [-0.4, -0.2) is 25.4 Å². The number of benzene rings is 2. The predicted molar refractivity (Wildman–Crippen MR) is 83.4 cm³/mol. The van der Waals surface area contributed by atoms with Gasteiger partial charge in [0, 0.05) is 18.3 Å². The molecule has 0 saturated carbocycles. The van der Waals surface area contributed by atoms with E-state index in [1.165, 1.54) is 12.1 Å². The van der Waals surface area contributed by atoms with E-state index >= 15 is 0 Å². The smallest absolute Gasteiger partial charge is 0.251 e. The summed E-state index contributed by atoms with van der Waals surface area (Å²) < 4.78 is 13.4. The van der Waals surface area contributed by atoms with E-state index in [2.05, 4.69) is 16.0 Å². The highest BCUT2D eigenvalue weighted by Crippen LogP contribution is 2.13. The molecule has 2 aromatic rings. The number of amides is 2. The molecule has 0 atom stereocenters. The fourth-order valence-electron chi connectivity index (χ4n) is 1.82. The van der Waals surface area contributed by atoms with Crippen LogP contribution in [0.15, 0.2) is 48.5 Å². The summed E-state index contributed by atoms with van der Waals surface area (Å²) in [5, 5.41) is 7.91. The second-order valence-electron chi connectivity index (χ2n) is 4.54. The number of hydrogen-bond acceptors (Lipinski definition) is 3. The number of anilines is 2. The third kappa shape index (κ3) is 4.05. The number of carbonyl (C=O) groups excluding carboxylic acids is 2. The molecule has 0 bridgehead atoms. The lowest BCUT2D eigenvalue weighted by atomic mass is 10.2. The van der Waals surface area contributed by atoms with Crippen molar-refractivity contribution in [1.82, 2.24) is 5.32 Å². The zero-order valence-corrected chi connectivity index (χ0v) is 12.0. The van der Waals surface area contributed by atoms with E-state index in [1.54, 1.807) is 43.4 Å². The molecule has 3 N–H and O–H groups in total. The summed E-state index contributed by atoms with van der Waals surface area (Å²) in [5.41, 5.74) is 1.37. The van der Waals surface area contributed by atoms with Crippen LogP contribution < -0.4 is 16.0 Å². The Morgan fingerprint density at radius 2 is 1.73 bits per heavy atom. The van der Waals surface area contributed by atoms with Gasteiger partial charge in [0.2, 0.25) is 5.91 Å². The molecule has 0 spiro atoms. The van der Waals surface area contributed by atoms with Crippen molar-refractivity contribution >= 4 is 23.2 Å². The first-order valence-electron chi connectivity index (χ1n) is 6.70. The van der Waals surface area contributed by atoms with Crippen molar-refractivity contribution in [2.24, 2.45) is 0 Å². The van der Waals surface area contributed by atoms with Gasteiger partial charge < -0.3 is 16.0 Å². The molecule has 0 aliphatic carbocycles. The standard InChI is InChI=1S/C16H16FN3O2/c1-18-16(22)11-6-8-12(9-7-11)19-10-15(21)20-14-5-3-2-4-13(14)17/h2-9,19H,10H2,1H3,(H,18,22)(H,20,21). The predicted octanol–water partition coefficient (Wildman–Crippen LogP) is 2.24. The lowest BCUT2D eigenvalue weighted by molar-refractivity contribution is -0.114. The maximum Gasteiger partial charge on any atom is 0.251 e. The van der Waals surface area contributed by atoms with E-state index in [-0.39, 0.29) is 24.0 Å². The van der Waals surface area contributed by atoms with E-state index in [4.69, 9.17) is 0 Å². The van der Waals surface area contributed by atoms with E-state index in [1.807, 2.05) is 0 Å². The Hall–Kier alpha value is -2.89. The molecule has 0 saturated heterocycles. The summed E-state index contributed by atoms with van der Waals surface area (Å²) in [6.45, 7) is -0.00629. The lowest BCUT2D eigenvalue weighted by Gasteiger charge is -2.09. The van der Waals surface area contributed by atoms with Gasteiger partial charge in [-0.2, -0.15) is 0 Å². The minimum atomic E-state index is -0.481. The second-order valence-corrected chi connectivity index (χ2v) is 4.54. The molecule has 0 unspecified atom stereocenters. The van der Waals surface area contributed by atoms with Crippen LogP contribution in [0.25, 0.3) is 0 Å². The Morgan fingerprint density at radius 1 is 1.05 bits per heavy atom. The first-order valence-corrected chi connectivity index (χ1v) is 6.70. The van der Waals surface area contributed by atoms with Gasteiger partial charge in [-0.05, 0) is 36.4 Å². The monoisotopic (exact) mass is 301 g/mol. The van der Waals surface area contributed by atoms with Gasteiger partial charge in [0.05, 0.1) is 12.2 Å².